The predicted molar refractivity (Wildman–Crippen MR) is 88.8 cm³/mol. The molecular formula is C15H18BrN3OS. The monoisotopic (exact) mass is 367 g/mol. The number of thiophene rings is 1. The quantitative estimate of drug-likeness (QED) is 0.871. The first kappa shape index (κ1) is 14.8. The second kappa shape index (κ2) is 6.77. The number of nitrogens with one attached hydrogen (secondary N) is 2. The van der Waals surface area contributed by atoms with E-state index in [4.69, 9.17) is 0 Å². The fraction of sp³-hybridized carbons (Fsp3) is 0.400. The minimum atomic E-state index is -0.00108. The van der Waals surface area contributed by atoms with Crippen molar-refractivity contribution in [1.29, 1.82) is 0 Å². The van der Waals surface area contributed by atoms with Gasteiger partial charge in [-0.05, 0) is 65.4 Å². The van der Waals surface area contributed by atoms with Crippen LogP contribution in [0, 0.1) is 0 Å². The van der Waals surface area contributed by atoms with Crippen molar-refractivity contribution >= 4 is 33.2 Å². The smallest absolute Gasteiger partial charge is 0.268 e. The van der Waals surface area contributed by atoms with Gasteiger partial charge in [0.15, 0.2) is 0 Å². The number of carbonyl (C=O) groups excluding carboxylic acids is 1. The van der Waals surface area contributed by atoms with E-state index in [1.165, 1.54) is 0 Å². The SMILES string of the molecule is O=C(NCc1sccc1Br)c1cccn1C1CCNCC1. The molecule has 112 valence electrons. The molecule has 0 bridgehead atoms. The highest BCUT2D eigenvalue weighted by atomic mass is 79.9. The van der Waals surface area contributed by atoms with Crippen LogP contribution in [0.5, 0.6) is 0 Å². The molecule has 1 aliphatic heterocycles. The number of aromatic nitrogens is 1. The summed E-state index contributed by atoms with van der Waals surface area (Å²) in [5.41, 5.74) is 0.759. The largest absolute Gasteiger partial charge is 0.346 e. The van der Waals surface area contributed by atoms with Gasteiger partial charge in [-0.25, -0.2) is 0 Å². The van der Waals surface area contributed by atoms with Crippen molar-refractivity contribution in [2.75, 3.05) is 13.1 Å². The van der Waals surface area contributed by atoms with Crippen molar-refractivity contribution in [2.45, 2.75) is 25.4 Å². The molecule has 1 aliphatic rings. The van der Waals surface area contributed by atoms with Crippen LogP contribution in [-0.2, 0) is 6.54 Å². The Hall–Kier alpha value is -1.11. The van der Waals surface area contributed by atoms with E-state index in [2.05, 4.69) is 31.1 Å². The van der Waals surface area contributed by atoms with Gasteiger partial charge < -0.3 is 15.2 Å². The van der Waals surface area contributed by atoms with E-state index < -0.39 is 0 Å². The summed E-state index contributed by atoms with van der Waals surface area (Å²) in [6.07, 6.45) is 4.17. The Morgan fingerprint density at radius 2 is 2.24 bits per heavy atom. The lowest BCUT2D eigenvalue weighted by molar-refractivity contribution is 0.0938. The third-order valence-corrected chi connectivity index (χ3v) is 5.74. The van der Waals surface area contributed by atoms with Crippen molar-refractivity contribution in [1.82, 2.24) is 15.2 Å². The van der Waals surface area contributed by atoms with Crippen molar-refractivity contribution in [3.05, 3.63) is 44.8 Å². The summed E-state index contributed by atoms with van der Waals surface area (Å²) in [5, 5.41) is 8.39. The molecule has 2 aromatic heterocycles. The highest BCUT2D eigenvalue weighted by Crippen LogP contribution is 2.23. The molecule has 1 fully saturated rings. The highest BCUT2D eigenvalue weighted by Gasteiger charge is 2.19. The van der Waals surface area contributed by atoms with E-state index in [1.807, 2.05) is 29.8 Å². The second-order valence-corrected chi connectivity index (χ2v) is 7.01. The molecule has 2 N–H and O–H groups in total. The molecule has 1 amide bonds. The van der Waals surface area contributed by atoms with Crippen molar-refractivity contribution in [2.24, 2.45) is 0 Å². The van der Waals surface area contributed by atoms with Crippen LogP contribution in [0.15, 0.2) is 34.2 Å². The maximum Gasteiger partial charge on any atom is 0.268 e. The van der Waals surface area contributed by atoms with Gasteiger partial charge in [0.25, 0.3) is 5.91 Å². The molecule has 3 rings (SSSR count). The number of carbonyl (C=O) groups is 1. The number of hydrogen-bond acceptors (Lipinski definition) is 3. The Labute approximate surface area is 136 Å². The summed E-state index contributed by atoms with van der Waals surface area (Å²) in [6.45, 7) is 2.60. The normalized spacial score (nSPS) is 16.0. The van der Waals surface area contributed by atoms with Crippen molar-refractivity contribution < 1.29 is 4.79 Å². The number of hydrogen-bond donors (Lipinski definition) is 2. The average Bonchev–Trinajstić information content (AvgIpc) is 3.15. The Balaban J connectivity index is 1.67. The van der Waals surface area contributed by atoms with Crippen LogP contribution in [0.4, 0.5) is 0 Å². The van der Waals surface area contributed by atoms with E-state index >= 15 is 0 Å². The third-order valence-electron chi connectivity index (χ3n) is 3.81. The van der Waals surface area contributed by atoms with Gasteiger partial charge in [-0.3, -0.25) is 4.79 Å². The van der Waals surface area contributed by atoms with Gasteiger partial charge >= 0.3 is 0 Å². The van der Waals surface area contributed by atoms with Gasteiger partial charge in [0, 0.05) is 21.6 Å². The topological polar surface area (TPSA) is 46.1 Å². The molecule has 2 aromatic rings. The first-order valence-corrected chi connectivity index (χ1v) is 8.80. The van der Waals surface area contributed by atoms with Crippen LogP contribution < -0.4 is 10.6 Å². The maximum absolute atomic E-state index is 12.4. The van der Waals surface area contributed by atoms with Gasteiger partial charge in [0.1, 0.15) is 5.69 Å². The van der Waals surface area contributed by atoms with Gasteiger partial charge in [-0.15, -0.1) is 11.3 Å². The molecule has 0 aromatic carbocycles. The molecule has 3 heterocycles. The molecule has 0 unspecified atom stereocenters. The molecule has 6 heteroatoms. The zero-order chi connectivity index (χ0) is 14.7. The first-order valence-electron chi connectivity index (χ1n) is 7.13. The zero-order valence-electron chi connectivity index (χ0n) is 11.6. The van der Waals surface area contributed by atoms with Crippen molar-refractivity contribution in [3.63, 3.8) is 0 Å². The highest BCUT2D eigenvalue weighted by molar-refractivity contribution is 9.10. The molecule has 0 aliphatic carbocycles. The maximum atomic E-state index is 12.4. The molecule has 4 nitrogen and oxygen atoms in total. The Kier molecular flexibility index (Phi) is 4.77. The number of piperidine rings is 1. The lowest BCUT2D eigenvalue weighted by Gasteiger charge is -2.25. The Morgan fingerprint density at radius 3 is 2.95 bits per heavy atom. The third kappa shape index (κ3) is 3.39. The average molecular weight is 368 g/mol. The van der Waals surface area contributed by atoms with E-state index in [1.54, 1.807) is 11.3 Å². The second-order valence-electron chi connectivity index (χ2n) is 5.16. The van der Waals surface area contributed by atoms with Crippen molar-refractivity contribution in [3.8, 4) is 0 Å². The van der Waals surface area contributed by atoms with Crippen LogP contribution in [-0.4, -0.2) is 23.6 Å². The van der Waals surface area contributed by atoms with E-state index in [-0.39, 0.29) is 5.91 Å². The molecule has 0 atom stereocenters. The van der Waals surface area contributed by atoms with Gasteiger partial charge in [0.05, 0.1) is 6.54 Å². The van der Waals surface area contributed by atoms with E-state index in [9.17, 15) is 4.79 Å². The van der Waals surface area contributed by atoms with E-state index in [0.717, 1.165) is 41.0 Å². The summed E-state index contributed by atoms with van der Waals surface area (Å²) in [5.74, 6) is -0.00108. The van der Waals surface area contributed by atoms with Crippen LogP contribution in [0.25, 0.3) is 0 Å². The molecule has 0 saturated carbocycles. The fourth-order valence-corrected chi connectivity index (χ4v) is 4.12. The van der Waals surface area contributed by atoms with Gasteiger partial charge in [-0.1, -0.05) is 0 Å². The first-order chi connectivity index (χ1) is 10.3. The predicted octanol–water partition coefficient (Wildman–Crippen LogP) is 3.17. The van der Waals surface area contributed by atoms with E-state index in [0.29, 0.717) is 12.6 Å². The molecule has 0 spiro atoms. The molecule has 21 heavy (non-hydrogen) atoms. The number of rotatable bonds is 4. The summed E-state index contributed by atoms with van der Waals surface area (Å²) < 4.78 is 3.18. The zero-order valence-corrected chi connectivity index (χ0v) is 14.0. The van der Waals surface area contributed by atoms with Crippen LogP contribution in [0.2, 0.25) is 0 Å². The number of halogens is 1. The summed E-state index contributed by atoms with van der Waals surface area (Å²) >= 11 is 5.13. The molecular weight excluding hydrogens is 350 g/mol. The van der Waals surface area contributed by atoms with Gasteiger partial charge in [-0.2, -0.15) is 0 Å². The number of nitrogens with zero attached hydrogens (tertiary/aromatic N) is 1. The Morgan fingerprint density at radius 1 is 1.43 bits per heavy atom. The number of amides is 1. The van der Waals surface area contributed by atoms with Crippen LogP contribution >= 0.6 is 27.3 Å². The lowest BCUT2D eigenvalue weighted by atomic mass is 10.1. The molecule has 0 radical (unpaired) electrons. The van der Waals surface area contributed by atoms with Crippen LogP contribution in [0.1, 0.15) is 34.2 Å². The summed E-state index contributed by atoms with van der Waals surface area (Å²) in [7, 11) is 0. The fourth-order valence-electron chi connectivity index (χ4n) is 2.69. The standard InChI is InChI=1S/C15H18BrN3OS/c16-12-5-9-21-14(12)10-18-15(20)13-2-1-8-19(13)11-3-6-17-7-4-11/h1-2,5,8-9,11,17H,3-4,6-7,10H2,(H,18,20). The lowest BCUT2D eigenvalue weighted by Crippen LogP contribution is -2.32. The summed E-state index contributed by atoms with van der Waals surface area (Å²) in [4.78, 5) is 13.6. The summed E-state index contributed by atoms with van der Waals surface area (Å²) in [6, 6.07) is 6.29. The van der Waals surface area contributed by atoms with Gasteiger partial charge in [0.2, 0.25) is 0 Å². The van der Waals surface area contributed by atoms with Crippen LogP contribution in [0.3, 0.4) is 0 Å². The minimum absolute atomic E-state index is 0.00108. The Bertz CT molecular complexity index is 616. The molecule has 1 saturated heterocycles. The minimum Gasteiger partial charge on any atom is -0.346 e.